The number of rotatable bonds is 6. The second kappa shape index (κ2) is 5.49. The quantitative estimate of drug-likeness (QED) is 0.859. The molecule has 0 radical (unpaired) electrons. The van der Waals surface area contributed by atoms with E-state index in [4.69, 9.17) is 9.15 Å². The summed E-state index contributed by atoms with van der Waals surface area (Å²) in [7, 11) is 1.70. The molecular weight excluding hydrogens is 238 g/mol. The van der Waals surface area contributed by atoms with Crippen LogP contribution in [0.15, 0.2) is 47.3 Å². The Morgan fingerprint density at radius 1 is 1.26 bits per heavy atom. The molecular formula is C16H19NO2. The van der Waals surface area contributed by atoms with Crippen LogP contribution < -0.4 is 10.1 Å². The van der Waals surface area contributed by atoms with Gasteiger partial charge in [-0.15, -0.1) is 0 Å². The Morgan fingerprint density at radius 2 is 2.05 bits per heavy atom. The molecule has 1 aromatic heterocycles. The predicted octanol–water partition coefficient (Wildman–Crippen LogP) is 3.53. The van der Waals surface area contributed by atoms with Gasteiger partial charge in [-0.3, -0.25) is 0 Å². The van der Waals surface area contributed by atoms with E-state index in [-0.39, 0.29) is 0 Å². The van der Waals surface area contributed by atoms with Gasteiger partial charge in [0.05, 0.1) is 19.6 Å². The van der Waals surface area contributed by atoms with E-state index >= 15 is 0 Å². The summed E-state index contributed by atoms with van der Waals surface area (Å²) in [6.45, 7) is 0.851. The number of nitrogens with one attached hydrogen (secondary N) is 1. The first-order chi connectivity index (χ1) is 9.36. The van der Waals surface area contributed by atoms with E-state index in [1.807, 2.05) is 18.2 Å². The van der Waals surface area contributed by atoms with E-state index in [1.54, 1.807) is 19.6 Å². The third-order valence-electron chi connectivity index (χ3n) is 3.67. The Morgan fingerprint density at radius 3 is 2.63 bits per heavy atom. The molecule has 1 saturated carbocycles. The molecule has 1 aromatic carbocycles. The molecule has 0 bridgehead atoms. The predicted molar refractivity (Wildman–Crippen MR) is 74.0 cm³/mol. The fourth-order valence-electron chi connectivity index (χ4n) is 2.42. The zero-order valence-electron chi connectivity index (χ0n) is 11.1. The highest BCUT2D eigenvalue weighted by Gasteiger charge is 2.31. The highest BCUT2D eigenvalue weighted by atomic mass is 16.5. The molecule has 1 fully saturated rings. The average Bonchev–Trinajstić information content (AvgIpc) is 3.15. The van der Waals surface area contributed by atoms with Gasteiger partial charge in [0.25, 0.3) is 0 Å². The topological polar surface area (TPSA) is 34.4 Å². The highest BCUT2D eigenvalue weighted by Crippen LogP contribution is 2.41. The molecule has 100 valence electrons. The molecule has 3 rings (SSSR count). The van der Waals surface area contributed by atoms with Crippen LogP contribution in [0.5, 0.6) is 5.75 Å². The minimum atomic E-state index is 0.431. The molecule has 1 N–H and O–H groups in total. The fourth-order valence-corrected chi connectivity index (χ4v) is 2.42. The lowest BCUT2D eigenvalue weighted by Gasteiger charge is -2.18. The first-order valence-electron chi connectivity index (χ1n) is 6.75. The zero-order valence-corrected chi connectivity index (χ0v) is 11.1. The van der Waals surface area contributed by atoms with E-state index in [0.29, 0.717) is 6.04 Å². The molecule has 0 saturated heterocycles. The molecule has 1 atom stereocenters. The molecule has 19 heavy (non-hydrogen) atoms. The van der Waals surface area contributed by atoms with E-state index in [0.717, 1.165) is 18.2 Å². The Hall–Kier alpha value is -1.74. The van der Waals surface area contributed by atoms with Crippen LogP contribution in [0.3, 0.4) is 0 Å². The minimum Gasteiger partial charge on any atom is -0.497 e. The maximum Gasteiger partial charge on any atom is 0.118 e. The Labute approximate surface area is 113 Å². The van der Waals surface area contributed by atoms with Gasteiger partial charge in [0.1, 0.15) is 5.75 Å². The van der Waals surface area contributed by atoms with Crippen molar-refractivity contribution in [3.05, 3.63) is 54.0 Å². The van der Waals surface area contributed by atoms with Crippen molar-refractivity contribution in [2.75, 3.05) is 7.11 Å². The summed E-state index contributed by atoms with van der Waals surface area (Å²) >= 11 is 0. The SMILES string of the molecule is COc1ccc(C(NCc2ccoc2)C2CC2)cc1. The summed E-state index contributed by atoms with van der Waals surface area (Å²) in [4.78, 5) is 0. The lowest BCUT2D eigenvalue weighted by Crippen LogP contribution is -2.22. The van der Waals surface area contributed by atoms with Gasteiger partial charge in [0.2, 0.25) is 0 Å². The van der Waals surface area contributed by atoms with Gasteiger partial charge >= 0.3 is 0 Å². The summed E-state index contributed by atoms with van der Waals surface area (Å²) in [5.74, 6) is 1.67. The maximum absolute atomic E-state index is 5.21. The number of methoxy groups -OCH3 is 1. The summed E-state index contributed by atoms with van der Waals surface area (Å²) < 4.78 is 10.3. The van der Waals surface area contributed by atoms with Crippen LogP contribution >= 0.6 is 0 Å². The standard InChI is InChI=1S/C16H19NO2/c1-18-15-6-4-14(5-7-15)16(13-2-3-13)17-10-12-8-9-19-11-12/h4-9,11,13,16-17H,2-3,10H2,1H3. The van der Waals surface area contributed by atoms with Crippen molar-refractivity contribution in [3.63, 3.8) is 0 Å². The number of hydrogen-bond acceptors (Lipinski definition) is 3. The van der Waals surface area contributed by atoms with Gasteiger partial charge in [-0.25, -0.2) is 0 Å². The molecule has 3 nitrogen and oxygen atoms in total. The summed E-state index contributed by atoms with van der Waals surface area (Å²) in [5.41, 5.74) is 2.53. The second-order valence-electron chi connectivity index (χ2n) is 5.10. The number of hydrogen-bond donors (Lipinski definition) is 1. The molecule has 2 aromatic rings. The van der Waals surface area contributed by atoms with Crippen LogP contribution in [0.25, 0.3) is 0 Å². The third-order valence-corrected chi connectivity index (χ3v) is 3.67. The smallest absolute Gasteiger partial charge is 0.118 e. The number of furan rings is 1. The first-order valence-corrected chi connectivity index (χ1v) is 6.75. The van der Waals surface area contributed by atoms with Crippen LogP contribution in [-0.4, -0.2) is 7.11 Å². The molecule has 0 amide bonds. The summed E-state index contributed by atoms with van der Waals surface area (Å²) in [6.07, 6.45) is 6.14. The van der Waals surface area contributed by atoms with Crippen molar-refractivity contribution in [1.82, 2.24) is 5.32 Å². The van der Waals surface area contributed by atoms with Crippen molar-refractivity contribution >= 4 is 0 Å². The van der Waals surface area contributed by atoms with Crippen LogP contribution in [0.4, 0.5) is 0 Å². The van der Waals surface area contributed by atoms with Crippen molar-refractivity contribution < 1.29 is 9.15 Å². The van der Waals surface area contributed by atoms with E-state index in [2.05, 4.69) is 17.4 Å². The molecule has 0 spiro atoms. The van der Waals surface area contributed by atoms with Crippen molar-refractivity contribution in [2.24, 2.45) is 5.92 Å². The van der Waals surface area contributed by atoms with E-state index < -0.39 is 0 Å². The Balaban J connectivity index is 1.69. The van der Waals surface area contributed by atoms with Crippen LogP contribution in [0.2, 0.25) is 0 Å². The molecule has 1 aliphatic carbocycles. The molecule has 1 heterocycles. The average molecular weight is 257 g/mol. The summed E-state index contributed by atoms with van der Waals surface area (Å²) in [5, 5.41) is 3.64. The second-order valence-corrected chi connectivity index (χ2v) is 5.10. The number of benzene rings is 1. The lowest BCUT2D eigenvalue weighted by molar-refractivity contribution is 0.413. The van der Waals surface area contributed by atoms with Gasteiger partial charge in [0, 0.05) is 18.2 Å². The van der Waals surface area contributed by atoms with Crippen molar-refractivity contribution in [1.29, 1.82) is 0 Å². The van der Waals surface area contributed by atoms with Gasteiger partial charge < -0.3 is 14.5 Å². The molecule has 1 aliphatic rings. The normalized spacial score (nSPS) is 16.3. The largest absolute Gasteiger partial charge is 0.497 e. The minimum absolute atomic E-state index is 0.431. The van der Waals surface area contributed by atoms with Crippen molar-refractivity contribution in [2.45, 2.75) is 25.4 Å². The van der Waals surface area contributed by atoms with Gasteiger partial charge in [0.15, 0.2) is 0 Å². The highest BCUT2D eigenvalue weighted by molar-refractivity contribution is 5.30. The van der Waals surface area contributed by atoms with Crippen LogP contribution in [0, 0.1) is 5.92 Å². The Kier molecular flexibility index (Phi) is 3.56. The third kappa shape index (κ3) is 2.99. The van der Waals surface area contributed by atoms with Gasteiger partial charge in [-0.2, -0.15) is 0 Å². The van der Waals surface area contributed by atoms with Gasteiger partial charge in [-0.1, -0.05) is 12.1 Å². The lowest BCUT2D eigenvalue weighted by atomic mass is 10.0. The monoisotopic (exact) mass is 257 g/mol. The molecule has 3 heteroatoms. The van der Waals surface area contributed by atoms with Crippen molar-refractivity contribution in [3.8, 4) is 5.75 Å². The van der Waals surface area contributed by atoms with Gasteiger partial charge in [-0.05, 0) is 42.5 Å². The van der Waals surface area contributed by atoms with E-state index in [1.165, 1.54) is 24.0 Å². The molecule has 1 unspecified atom stereocenters. The molecule has 0 aliphatic heterocycles. The fraction of sp³-hybridized carbons (Fsp3) is 0.375. The van der Waals surface area contributed by atoms with Crippen LogP contribution in [0.1, 0.15) is 30.0 Å². The Bertz CT molecular complexity index is 500. The van der Waals surface area contributed by atoms with E-state index in [9.17, 15) is 0 Å². The maximum atomic E-state index is 5.21. The van der Waals surface area contributed by atoms with Crippen LogP contribution in [-0.2, 0) is 6.54 Å². The zero-order chi connectivity index (χ0) is 13.1. The summed E-state index contributed by atoms with van der Waals surface area (Å²) in [6, 6.07) is 10.8. The first kappa shape index (κ1) is 12.3. The number of ether oxygens (including phenoxy) is 1.